The van der Waals surface area contributed by atoms with Crippen LogP contribution in [0.5, 0.6) is 0 Å². The molecule has 0 aliphatic heterocycles. The van der Waals surface area contributed by atoms with Crippen molar-refractivity contribution < 1.29 is 14.0 Å². The van der Waals surface area contributed by atoms with E-state index in [0.717, 1.165) is 5.57 Å². The van der Waals surface area contributed by atoms with E-state index in [2.05, 4.69) is 6.58 Å². The second kappa shape index (κ2) is 7.68. The Morgan fingerprint density at radius 2 is 1.62 bits per heavy atom. The summed E-state index contributed by atoms with van der Waals surface area (Å²) < 4.78 is 13.1. The van der Waals surface area contributed by atoms with Crippen molar-refractivity contribution in [1.29, 1.82) is 0 Å². The van der Waals surface area contributed by atoms with E-state index >= 15 is 0 Å². The zero-order chi connectivity index (χ0) is 17.7. The molecule has 0 radical (unpaired) electrons. The maximum absolute atomic E-state index is 13.1. The minimum Gasteiger partial charge on any atom is -0.335 e. The molecule has 0 bridgehead atoms. The molecule has 4 heteroatoms. The van der Waals surface area contributed by atoms with Crippen LogP contribution in [0.15, 0.2) is 60.7 Å². The maximum atomic E-state index is 13.1. The van der Waals surface area contributed by atoms with Crippen molar-refractivity contribution in [2.24, 2.45) is 0 Å². The van der Waals surface area contributed by atoms with Crippen LogP contribution in [0.2, 0.25) is 0 Å². The molecular weight excluding hydrogens is 305 g/mol. The molecule has 0 heterocycles. The van der Waals surface area contributed by atoms with Crippen molar-refractivity contribution in [2.75, 3.05) is 13.1 Å². The number of amides is 1. The molecular formula is C20H20FNO2. The van der Waals surface area contributed by atoms with Gasteiger partial charge in [-0.05, 0) is 44.2 Å². The molecule has 0 aliphatic rings. The highest BCUT2D eigenvalue weighted by molar-refractivity contribution is 6.15. The van der Waals surface area contributed by atoms with Gasteiger partial charge in [0.15, 0.2) is 5.78 Å². The molecule has 0 N–H and O–H groups in total. The van der Waals surface area contributed by atoms with E-state index in [0.29, 0.717) is 29.8 Å². The highest BCUT2D eigenvalue weighted by atomic mass is 19.1. The summed E-state index contributed by atoms with van der Waals surface area (Å²) in [6, 6.07) is 12.0. The van der Waals surface area contributed by atoms with Gasteiger partial charge in [-0.2, -0.15) is 0 Å². The van der Waals surface area contributed by atoms with Gasteiger partial charge in [-0.15, -0.1) is 0 Å². The Labute approximate surface area is 141 Å². The molecule has 2 aromatic rings. The van der Waals surface area contributed by atoms with Crippen LogP contribution in [-0.2, 0) is 0 Å². The SMILES string of the molecule is C=C(C)CN(CC)C(=O)c1ccccc1C(=O)c1ccc(F)cc1. The zero-order valence-electron chi connectivity index (χ0n) is 13.9. The van der Waals surface area contributed by atoms with Gasteiger partial charge in [0, 0.05) is 24.2 Å². The molecule has 0 unspecified atom stereocenters. The third-order valence-electron chi connectivity index (χ3n) is 3.64. The van der Waals surface area contributed by atoms with E-state index < -0.39 is 5.82 Å². The van der Waals surface area contributed by atoms with Crippen LogP contribution in [0.25, 0.3) is 0 Å². The maximum Gasteiger partial charge on any atom is 0.254 e. The van der Waals surface area contributed by atoms with Gasteiger partial charge in [0.05, 0.1) is 5.56 Å². The smallest absolute Gasteiger partial charge is 0.254 e. The summed E-state index contributed by atoms with van der Waals surface area (Å²) >= 11 is 0. The van der Waals surface area contributed by atoms with E-state index in [1.54, 1.807) is 29.2 Å². The average molecular weight is 325 g/mol. The monoisotopic (exact) mass is 325 g/mol. The van der Waals surface area contributed by atoms with Crippen molar-refractivity contribution >= 4 is 11.7 Å². The summed E-state index contributed by atoms with van der Waals surface area (Å²) in [7, 11) is 0. The molecule has 0 saturated carbocycles. The Balaban J connectivity index is 2.39. The van der Waals surface area contributed by atoms with E-state index in [1.165, 1.54) is 24.3 Å². The first-order chi connectivity index (χ1) is 11.4. The van der Waals surface area contributed by atoms with Crippen molar-refractivity contribution in [3.05, 3.63) is 83.2 Å². The lowest BCUT2D eigenvalue weighted by molar-refractivity contribution is 0.0773. The van der Waals surface area contributed by atoms with E-state index in [4.69, 9.17) is 0 Å². The summed E-state index contributed by atoms with van der Waals surface area (Å²) in [6.07, 6.45) is 0. The van der Waals surface area contributed by atoms with E-state index in [1.807, 2.05) is 13.8 Å². The lowest BCUT2D eigenvalue weighted by Crippen LogP contribution is -2.33. The molecule has 24 heavy (non-hydrogen) atoms. The van der Waals surface area contributed by atoms with Crippen molar-refractivity contribution in [3.8, 4) is 0 Å². The third-order valence-corrected chi connectivity index (χ3v) is 3.64. The Morgan fingerprint density at radius 1 is 1.04 bits per heavy atom. The van der Waals surface area contributed by atoms with Crippen molar-refractivity contribution in [2.45, 2.75) is 13.8 Å². The van der Waals surface area contributed by atoms with Crippen LogP contribution in [0.3, 0.4) is 0 Å². The Hall–Kier alpha value is -2.75. The fourth-order valence-electron chi connectivity index (χ4n) is 2.45. The molecule has 0 aromatic heterocycles. The molecule has 2 aromatic carbocycles. The van der Waals surface area contributed by atoms with Gasteiger partial charge < -0.3 is 4.90 Å². The molecule has 0 fully saturated rings. The summed E-state index contributed by atoms with van der Waals surface area (Å²) in [5.74, 6) is -0.925. The number of halogens is 1. The highest BCUT2D eigenvalue weighted by Gasteiger charge is 2.21. The minimum absolute atomic E-state index is 0.216. The number of carbonyl (C=O) groups excluding carboxylic acids is 2. The molecule has 0 saturated heterocycles. The van der Waals surface area contributed by atoms with Crippen LogP contribution in [-0.4, -0.2) is 29.7 Å². The summed E-state index contributed by atoms with van der Waals surface area (Å²) in [6.45, 7) is 8.53. The number of rotatable bonds is 6. The Kier molecular flexibility index (Phi) is 5.64. The quantitative estimate of drug-likeness (QED) is 0.592. The summed E-state index contributed by atoms with van der Waals surface area (Å²) in [5, 5.41) is 0. The van der Waals surface area contributed by atoms with Gasteiger partial charge in [0.25, 0.3) is 5.91 Å². The van der Waals surface area contributed by atoms with Gasteiger partial charge >= 0.3 is 0 Å². The number of nitrogens with zero attached hydrogens (tertiary/aromatic N) is 1. The van der Waals surface area contributed by atoms with Gasteiger partial charge in [0.1, 0.15) is 5.82 Å². The number of hydrogen-bond donors (Lipinski definition) is 0. The molecule has 3 nitrogen and oxygen atoms in total. The van der Waals surface area contributed by atoms with Crippen molar-refractivity contribution in [3.63, 3.8) is 0 Å². The lowest BCUT2D eigenvalue weighted by atomic mass is 9.97. The van der Waals surface area contributed by atoms with E-state index in [9.17, 15) is 14.0 Å². The first kappa shape index (κ1) is 17.6. The van der Waals surface area contributed by atoms with Crippen LogP contribution < -0.4 is 0 Å². The lowest BCUT2D eigenvalue weighted by Gasteiger charge is -2.22. The standard InChI is InChI=1S/C20H20FNO2/c1-4-22(13-14(2)3)20(24)18-8-6-5-7-17(18)19(23)15-9-11-16(21)12-10-15/h5-12H,2,4,13H2,1,3H3. The predicted octanol–water partition coefficient (Wildman–Crippen LogP) is 4.09. The van der Waals surface area contributed by atoms with Crippen molar-refractivity contribution in [1.82, 2.24) is 4.90 Å². The second-order valence-corrected chi connectivity index (χ2v) is 5.66. The molecule has 2 rings (SSSR count). The Bertz CT molecular complexity index is 765. The van der Waals surface area contributed by atoms with Crippen LogP contribution in [0, 0.1) is 5.82 Å². The molecule has 0 aliphatic carbocycles. The molecule has 0 spiro atoms. The molecule has 1 amide bonds. The minimum atomic E-state index is -0.408. The largest absolute Gasteiger partial charge is 0.335 e. The van der Waals surface area contributed by atoms with Gasteiger partial charge in [-0.1, -0.05) is 30.4 Å². The topological polar surface area (TPSA) is 37.4 Å². The van der Waals surface area contributed by atoms with Gasteiger partial charge in [0.2, 0.25) is 0 Å². The molecule has 124 valence electrons. The normalized spacial score (nSPS) is 10.3. The van der Waals surface area contributed by atoms with Crippen LogP contribution in [0.4, 0.5) is 4.39 Å². The zero-order valence-corrected chi connectivity index (χ0v) is 13.9. The van der Waals surface area contributed by atoms with Crippen LogP contribution in [0.1, 0.15) is 40.1 Å². The van der Waals surface area contributed by atoms with E-state index in [-0.39, 0.29) is 11.7 Å². The van der Waals surface area contributed by atoms with Crippen LogP contribution >= 0.6 is 0 Å². The third kappa shape index (κ3) is 3.96. The number of carbonyl (C=O) groups is 2. The summed E-state index contributed by atoms with van der Waals surface area (Å²) in [4.78, 5) is 27.1. The predicted molar refractivity (Wildman–Crippen MR) is 92.7 cm³/mol. The second-order valence-electron chi connectivity index (χ2n) is 5.66. The highest BCUT2D eigenvalue weighted by Crippen LogP contribution is 2.17. The summed E-state index contributed by atoms with van der Waals surface area (Å²) in [5.41, 5.74) is 1.87. The first-order valence-corrected chi connectivity index (χ1v) is 7.77. The Morgan fingerprint density at radius 3 is 2.17 bits per heavy atom. The number of hydrogen-bond acceptors (Lipinski definition) is 2. The van der Waals surface area contributed by atoms with Gasteiger partial charge in [-0.3, -0.25) is 9.59 Å². The number of likely N-dealkylation sites (N-methyl/N-ethyl adjacent to an activating group) is 1. The molecule has 0 atom stereocenters. The average Bonchev–Trinajstić information content (AvgIpc) is 2.59. The van der Waals surface area contributed by atoms with Gasteiger partial charge in [-0.25, -0.2) is 4.39 Å². The fourth-order valence-corrected chi connectivity index (χ4v) is 2.45. The number of ketones is 1. The number of benzene rings is 2. The first-order valence-electron chi connectivity index (χ1n) is 7.77. The fraction of sp³-hybridized carbons (Fsp3) is 0.200.